The highest BCUT2D eigenvalue weighted by molar-refractivity contribution is 6.00. The first-order chi connectivity index (χ1) is 19.2. The fourth-order valence-corrected chi connectivity index (χ4v) is 6.05. The fraction of sp³-hybridized carbons (Fsp3) is 0.424. The molecule has 5 rings (SSSR count). The standard InChI is InChI=1S/C33H39N3O4/c1-24(26-11-5-3-6-12-26)20-30(37)34-18-15-33(40,16-19-34)23-35-22-29(32(39)36-17-9-10-25(36)2)28(21-31(35)38)27-13-7-4-8-14-27/h3-8,11-14,21-22,24-25,40H,9-10,15-20,23H2,1-2H3. The normalized spacial score (nSPS) is 19.4. The molecule has 0 bridgehead atoms. The Morgan fingerprint density at radius 3 is 2.27 bits per heavy atom. The van der Waals surface area contributed by atoms with E-state index < -0.39 is 5.60 Å². The summed E-state index contributed by atoms with van der Waals surface area (Å²) in [7, 11) is 0. The van der Waals surface area contributed by atoms with Crippen molar-refractivity contribution in [3.63, 3.8) is 0 Å². The number of likely N-dealkylation sites (tertiary alicyclic amines) is 2. The molecular formula is C33H39N3O4. The zero-order valence-electron chi connectivity index (χ0n) is 23.5. The molecule has 2 saturated heterocycles. The van der Waals surface area contributed by atoms with Gasteiger partial charge in [0.2, 0.25) is 5.91 Å². The average molecular weight is 542 g/mol. The second kappa shape index (κ2) is 11.8. The van der Waals surface area contributed by atoms with Gasteiger partial charge >= 0.3 is 0 Å². The van der Waals surface area contributed by atoms with Gasteiger partial charge in [0.05, 0.1) is 17.7 Å². The quantitative estimate of drug-likeness (QED) is 0.471. The van der Waals surface area contributed by atoms with E-state index in [0.717, 1.165) is 24.0 Å². The van der Waals surface area contributed by atoms with Crippen molar-refractivity contribution in [1.29, 1.82) is 0 Å². The first kappa shape index (κ1) is 27.8. The summed E-state index contributed by atoms with van der Waals surface area (Å²) in [6, 6.07) is 21.2. The zero-order valence-corrected chi connectivity index (χ0v) is 23.5. The number of pyridine rings is 1. The highest BCUT2D eigenvalue weighted by Gasteiger charge is 2.35. The number of hydrogen-bond acceptors (Lipinski definition) is 4. The van der Waals surface area contributed by atoms with Crippen LogP contribution in [0.2, 0.25) is 0 Å². The minimum Gasteiger partial charge on any atom is -0.388 e. The molecule has 0 saturated carbocycles. The zero-order chi connectivity index (χ0) is 28.3. The molecule has 3 heterocycles. The van der Waals surface area contributed by atoms with Crippen LogP contribution in [0.3, 0.4) is 0 Å². The van der Waals surface area contributed by atoms with Crippen LogP contribution in [-0.2, 0) is 11.3 Å². The molecule has 2 atom stereocenters. The summed E-state index contributed by atoms with van der Waals surface area (Å²) in [5.41, 5.74) is 1.65. The number of piperidine rings is 1. The Morgan fingerprint density at radius 2 is 1.65 bits per heavy atom. The summed E-state index contributed by atoms with van der Waals surface area (Å²) in [6.07, 6.45) is 4.73. The van der Waals surface area contributed by atoms with Crippen molar-refractivity contribution in [2.75, 3.05) is 19.6 Å². The second-order valence-corrected chi connectivity index (χ2v) is 11.5. The molecule has 0 aliphatic carbocycles. The third kappa shape index (κ3) is 6.04. The Balaban J connectivity index is 1.32. The van der Waals surface area contributed by atoms with Crippen molar-refractivity contribution in [3.8, 4) is 11.1 Å². The van der Waals surface area contributed by atoms with Crippen molar-refractivity contribution in [2.24, 2.45) is 0 Å². The summed E-state index contributed by atoms with van der Waals surface area (Å²) in [4.78, 5) is 43.7. The number of rotatable bonds is 7. The third-order valence-corrected chi connectivity index (χ3v) is 8.62. The predicted molar refractivity (Wildman–Crippen MR) is 156 cm³/mol. The minimum absolute atomic E-state index is 0.0791. The van der Waals surface area contributed by atoms with Crippen LogP contribution in [0.15, 0.2) is 77.7 Å². The Morgan fingerprint density at radius 1 is 1.00 bits per heavy atom. The lowest BCUT2D eigenvalue weighted by Gasteiger charge is -2.39. The summed E-state index contributed by atoms with van der Waals surface area (Å²) in [5.74, 6) is 0.110. The molecule has 40 heavy (non-hydrogen) atoms. The van der Waals surface area contributed by atoms with Crippen LogP contribution in [0.5, 0.6) is 0 Å². The maximum absolute atomic E-state index is 13.7. The van der Waals surface area contributed by atoms with Gasteiger partial charge in [-0.3, -0.25) is 14.4 Å². The van der Waals surface area contributed by atoms with Gasteiger partial charge < -0.3 is 19.5 Å². The van der Waals surface area contributed by atoms with Crippen molar-refractivity contribution in [1.82, 2.24) is 14.4 Å². The summed E-state index contributed by atoms with van der Waals surface area (Å²) < 4.78 is 1.48. The monoisotopic (exact) mass is 541 g/mol. The smallest absolute Gasteiger partial charge is 0.256 e. The number of carbonyl (C=O) groups excluding carboxylic acids is 2. The average Bonchev–Trinajstić information content (AvgIpc) is 3.40. The number of aromatic nitrogens is 1. The molecule has 2 aliphatic rings. The highest BCUT2D eigenvalue weighted by Crippen LogP contribution is 2.29. The topological polar surface area (TPSA) is 82.8 Å². The molecule has 2 fully saturated rings. The number of benzene rings is 2. The van der Waals surface area contributed by atoms with Gasteiger partial charge in [-0.2, -0.15) is 0 Å². The molecule has 2 aromatic carbocycles. The van der Waals surface area contributed by atoms with E-state index in [1.807, 2.05) is 70.5 Å². The largest absolute Gasteiger partial charge is 0.388 e. The maximum Gasteiger partial charge on any atom is 0.256 e. The van der Waals surface area contributed by atoms with Crippen molar-refractivity contribution >= 4 is 11.8 Å². The SMILES string of the molecule is CC(CC(=O)N1CCC(O)(Cn2cc(C(=O)N3CCCC3C)c(-c3ccccc3)cc2=O)CC1)c1ccccc1. The van der Waals surface area contributed by atoms with Crippen LogP contribution in [0.4, 0.5) is 0 Å². The second-order valence-electron chi connectivity index (χ2n) is 11.5. The molecule has 210 valence electrons. The molecular weight excluding hydrogens is 502 g/mol. The van der Waals surface area contributed by atoms with E-state index in [-0.39, 0.29) is 35.9 Å². The van der Waals surface area contributed by atoms with Crippen LogP contribution in [0, 0.1) is 0 Å². The fourth-order valence-electron chi connectivity index (χ4n) is 6.05. The lowest BCUT2D eigenvalue weighted by atomic mass is 9.90. The van der Waals surface area contributed by atoms with Gasteiger partial charge in [0.15, 0.2) is 0 Å². The van der Waals surface area contributed by atoms with E-state index in [9.17, 15) is 19.5 Å². The first-order valence-corrected chi connectivity index (χ1v) is 14.4. The lowest BCUT2D eigenvalue weighted by molar-refractivity contribution is -0.136. The Hall–Kier alpha value is -3.71. The van der Waals surface area contributed by atoms with Gasteiger partial charge in [-0.1, -0.05) is 67.6 Å². The van der Waals surface area contributed by atoms with Gasteiger partial charge in [0.1, 0.15) is 0 Å². The van der Waals surface area contributed by atoms with E-state index >= 15 is 0 Å². The number of amides is 2. The molecule has 2 aliphatic heterocycles. The van der Waals surface area contributed by atoms with E-state index in [1.54, 1.807) is 6.20 Å². The summed E-state index contributed by atoms with van der Waals surface area (Å²) in [5, 5.41) is 11.5. The number of aliphatic hydroxyl groups is 1. The van der Waals surface area contributed by atoms with Crippen LogP contribution in [-0.4, -0.2) is 62.6 Å². The van der Waals surface area contributed by atoms with E-state index in [2.05, 4.69) is 13.8 Å². The lowest BCUT2D eigenvalue weighted by Crippen LogP contribution is -2.49. The van der Waals surface area contributed by atoms with Crippen LogP contribution < -0.4 is 5.56 Å². The third-order valence-electron chi connectivity index (χ3n) is 8.62. The first-order valence-electron chi connectivity index (χ1n) is 14.4. The van der Waals surface area contributed by atoms with Gasteiger partial charge in [-0.05, 0) is 49.7 Å². The van der Waals surface area contributed by atoms with E-state index in [4.69, 9.17) is 0 Å². The Labute approximate surface area is 236 Å². The van der Waals surface area contributed by atoms with Crippen molar-refractivity contribution < 1.29 is 14.7 Å². The van der Waals surface area contributed by atoms with Crippen LogP contribution in [0.1, 0.15) is 67.8 Å². The van der Waals surface area contributed by atoms with Crippen LogP contribution in [0.25, 0.3) is 11.1 Å². The highest BCUT2D eigenvalue weighted by atomic mass is 16.3. The number of carbonyl (C=O) groups is 2. The van der Waals surface area contributed by atoms with Gasteiger partial charge in [0, 0.05) is 49.9 Å². The molecule has 7 nitrogen and oxygen atoms in total. The maximum atomic E-state index is 13.7. The summed E-state index contributed by atoms with van der Waals surface area (Å²) in [6.45, 7) is 5.76. The van der Waals surface area contributed by atoms with Crippen molar-refractivity contribution in [2.45, 2.75) is 70.1 Å². The molecule has 2 unspecified atom stereocenters. The van der Waals surface area contributed by atoms with Crippen molar-refractivity contribution in [3.05, 3.63) is 94.4 Å². The minimum atomic E-state index is -1.14. The summed E-state index contributed by atoms with van der Waals surface area (Å²) >= 11 is 0. The Bertz CT molecular complexity index is 1390. The molecule has 2 amide bonds. The molecule has 0 spiro atoms. The van der Waals surface area contributed by atoms with Gasteiger partial charge in [0.25, 0.3) is 11.5 Å². The van der Waals surface area contributed by atoms with Crippen LogP contribution >= 0.6 is 0 Å². The van der Waals surface area contributed by atoms with E-state index in [1.165, 1.54) is 10.6 Å². The number of hydrogen-bond donors (Lipinski definition) is 1. The molecule has 0 radical (unpaired) electrons. The number of nitrogens with zero attached hydrogens (tertiary/aromatic N) is 3. The molecule has 1 N–H and O–H groups in total. The molecule has 7 heteroatoms. The van der Waals surface area contributed by atoms with Gasteiger partial charge in [-0.25, -0.2) is 0 Å². The van der Waals surface area contributed by atoms with Gasteiger partial charge in [-0.15, -0.1) is 0 Å². The Kier molecular flexibility index (Phi) is 8.22. The van der Waals surface area contributed by atoms with E-state index in [0.29, 0.717) is 50.0 Å². The molecule has 3 aromatic rings. The molecule has 1 aromatic heterocycles. The predicted octanol–water partition coefficient (Wildman–Crippen LogP) is 4.69.